The summed E-state index contributed by atoms with van der Waals surface area (Å²) < 4.78 is 18.3. The lowest BCUT2D eigenvalue weighted by atomic mass is 10.2. The van der Waals surface area contributed by atoms with Crippen molar-refractivity contribution >= 4 is 24.0 Å². The summed E-state index contributed by atoms with van der Waals surface area (Å²) >= 11 is 0. The van der Waals surface area contributed by atoms with Gasteiger partial charge in [0.15, 0.2) is 0 Å². The smallest absolute Gasteiger partial charge is 0.410 e. The van der Waals surface area contributed by atoms with Crippen molar-refractivity contribution in [3.8, 4) is 0 Å². The zero-order valence-electron chi connectivity index (χ0n) is 15.3. The summed E-state index contributed by atoms with van der Waals surface area (Å²) in [5, 5.41) is 5.75. The molecule has 0 aromatic carbocycles. The number of carbonyl (C=O) groups excluding carboxylic acids is 4. The zero-order valence-corrected chi connectivity index (χ0v) is 15.3. The summed E-state index contributed by atoms with van der Waals surface area (Å²) in [7, 11) is 0. The van der Waals surface area contributed by atoms with Crippen LogP contribution in [0.3, 0.4) is 0 Å². The van der Waals surface area contributed by atoms with Crippen LogP contribution < -0.4 is 10.6 Å². The monoisotopic (exact) mass is 376 g/mol. The quantitative estimate of drug-likeness (QED) is 0.257. The third-order valence-electron chi connectivity index (χ3n) is 2.97. The molecular formula is C16H28N2O8. The van der Waals surface area contributed by atoms with Gasteiger partial charge in [0.05, 0.1) is 0 Å². The number of rotatable bonds is 14. The second-order valence-electron chi connectivity index (χ2n) is 5.30. The molecule has 0 fully saturated rings. The first kappa shape index (κ1) is 23.6. The van der Waals surface area contributed by atoms with Gasteiger partial charge < -0.3 is 29.6 Å². The molecule has 0 rings (SSSR count). The third-order valence-corrected chi connectivity index (χ3v) is 2.97. The number of hydrogen-bond acceptors (Lipinski definition) is 9. The summed E-state index contributed by atoms with van der Waals surface area (Å²) in [5.41, 5.74) is 0. The minimum atomic E-state index is -0.620. The fourth-order valence-electron chi connectivity index (χ4n) is 1.69. The Kier molecular flexibility index (Phi) is 14.7. The van der Waals surface area contributed by atoms with E-state index in [1.807, 2.05) is 0 Å². The van der Waals surface area contributed by atoms with Crippen LogP contribution in [0.5, 0.6) is 0 Å². The van der Waals surface area contributed by atoms with Gasteiger partial charge in [-0.3, -0.25) is 14.4 Å². The predicted molar refractivity (Wildman–Crippen MR) is 89.8 cm³/mol. The van der Waals surface area contributed by atoms with Crippen LogP contribution in [-0.4, -0.2) is 57.2 Å². The van der Waals surface area contributed by atoms with Crippen molar-refractivity contribution < 1.29 is 38.1 Å². The molecule has 0 unspecified atom stereocenters. The maximum atomic E-state index is 11.3. The summed E-state index contributed by atoms with van der Waals surface area (Å²) in [6.45, 7) is 3.71. The van der Waals surface area contributed by atoms with E-state index in [1.54, 1.807) is 0 Å². The normalized spacial score (nSPS) is 9.92. The highest BCUT2D eigenvalue weighted by molar-refractivity contribution is 5.70. The first-order valence-electron chi connectivity index (χ1n) is 8.45. The average molecular weight is 376 g/mol. The molecule has 1 amide bonds. The van der Waals surface area contributed by atoms with Gasteiger partial charge in [0.1, 0.15) is 0 Å². The molecule has 0 aromatic heterocycles. The Morgan fingerprint density at radius 2 is 1.27 bits per heavy atom. The highest BCUT2D eigenvalue weighted by atomic mass is 16.7. The van der Waals surface area contributed by atoms with E-state index >= 15 is 0 Å². The molecule has 0 aliphatic carbocycles. The zero-order chi connectivity index (χ0) is 19.6. The molecule has 0 aliphatic heterocycles. The van der Waals surface area contributed by atoms with E-state index in [2.05, 4.69) is 24.8 Å². The second-order valence-corrected chi connectivity index (χ2v) is 5.30. The van der Waals surface area contributed by atoms with E-state index in [1.165, 1.54) is 13.8 Å². The molecule has 0 saturated carbocycles. The first-order chi connectivity index (χ1) is 12.4. The number of carbonyl (C=O) groups is 4. The van der Waals surface area contributed by atoms with Gasteiger partial charge in [-0.2, -0.15) is 0 Å². The van der Waals surface area contributed by atoms with Gasteiger partial charge in [-0.15, -0.1) is 0 Å². The van der Waals surface area contributed by atoms with Crippen LogP contribution in [0.15, 0.2) is 0 Å². The lowest BCUT2D eigenvalue weighted by Crippen LogP contribution is -2.26. The van der Waals surface area contributed by atoms with Crippen molar-refractivity contribution in [2.45, 2.75) is 46.0 Å². The summed E-state index contributed by atoms with van der Waals surface area (Å²) in [5.74, 6) is -1.41. The van der Waals surface area contributed by atoms with Crippen molar-refractivity contribution in [2.24, 2.45) is 0 Å². The fraction of sp³-hybridized carbons (Fsp3) is 0.750. The number of hydrogen-bond donors (Lipinski definition) is 2. The topological polar surface area (TPSA) is 129 Å². The fourth-order valence-corrected chi connectivity index (χ4v) is 1.69. The van der Waals surface area contributed by atoms with Crippen LogP contribution >= 0.6 is 0 Å². The Balaban J connectivity index is 3.28. The van der Waals surface area contributed by atoms with Gasteiger partial charge in [0, 0.05) is 26.8 Å². The van der Waals surface area contributed by atoms with Gasteiger partial charge in [-0.1, -0.05) is 6.42 Å². The van der Waals surface area contributed by atoms with Crippen LogP contribution in [-0.2, 0) is 33.3 Å². The number of amides is 1. The minimum Gasteiger partial charge on any atom is -0.428 e. The van der Waals surface area contributed by atoms with Crippen LogP contribution in [0, 0.1) is 0 Å². The molecule has 26 heavy (non-hydrogen) atoms. The molecule has 0 radical (unpaired) electrons. The second kappa shape index (κ2) is 16.1. The molecule has 0 aromatic rings. The molecule has 10 heteroatoms. The third kappa shape index (κ3) is 18.0. The maximum absolute atomic E-state index is 11.3. The van der Waals surface area contributed by atoms with Gasteiger partial charge in [0.2, 0.25) is 13.6 Å². The van der Waals surface area contributed by atoms with E-state index in [-0.39, 0.29) is 20.0 Å². The van der Waals surface area contributed by atoms with Gasteiger partial charge >= 0.3 is 24.0 Å². The Morgan fingerprint density at radius 3 is 1.92 bits per heavy atom. The predicted octanol–water partition coefficient (Wildman–Crippen LogP) is 0.837. The van der Waals surface area contributed by atoms with E-state index in [0.29, 0.717) is 19.5 Å². The van der Waals surface area contributed by atoms with Crippen LogP contribution in [0.4, 0.5) is 4.79 Å². The molecule has 0 bridgehead atoms. The summed E-state index contributed by atoms with van der Waals surface area (Å²) in [4.78, 5) is 43.4. The molecule has 0 heterocycles. The number of nitrogens with one attached hydrogen (secondary N) is 2. The Morgan fingerprint density at radius 1 is 0.692 bits per heavy atom. The van der Waals surface area contributed by atoms with Crippen molar-refractivity contribution in [1.29, 1.82) is 0 Å². The molecular weight excluding hydrogens is 348 g/mol. The molecule has 10 nitrogen and oxygen atoms in total. The molecule has 0 spiro atoms. The van der Waals surface area contributed by atoms with Gasteiger partial charge in [-0.25, -0.2) is 4.79 Å². The van der Waals surface area contributed by atoms with Gasteiger partial charge in [0.25, 0.3) is 0 Å². The first-order valence-corrected chi connectivity index (χ1v) is 8.45. The number of esters is 3. The van der Waals surface area contributed by atoms with Crippen molar-refractivity contribution in [3.63, 3.8) is 0 Å². The van der Waals surface area contributed by atoms with Crippen molar-refractivity contribution in [1.82, 2.24) is 10.6 Å². The minimum absolute atomic E-state index is 0.258. The van der Waals surface area contributed by atoms with Crippen LogP contribution in [0.2, 0.25) is 0 Å². The SMILES string of the molecule is CC(=O)OCOC(=O)CCCNCCCCCNC(=O)OCOC(C)=O. The number of unbranched alkanes of at least 4 members (excludes halogenated alkanes) is 2. The maximum Gasteiger partial charge on any atom is 0.410 e. The van der Waals surface area contributed by atoms with Crippen molar-refractivity contribution in [2.75, 3.05) is 33.2 Å². The largest absolute Gasteiger partial charge is 0.428 e. The van der Waals surface area contributed by atoms with Crippen LogP contribution in [0.25, 0.3) is 0 Å². The van der Waals surface area contributed by atoms with E-state index in [0.717, 1.165) is 25.8 Å². The lowest BCUT2D eigenvalue weighted by Gasteiger charge is -2.07. The highest BCUT2D eigenvalue weighted by Gasteiger charge is 2.03. The molecule has 150 valence electrons. The molecule has 0 atom stereocenters. The molecule has 0 aliphatic rings. The average Bonchev–Trinajstić information content (AvgIpc) is 2.55. The summed E-state index contributed by atoms with van der Waals surface area (Å²) in [6.07, 6.45) is 2.92. The van der Waals surface area contributed by atoms with Crippen LogP contribution in [0.1, 0.15) is 46.0 Å². The standard InChI is InChI=1S/C16H28N2O8/c1-13(19)23-11-25-15(21)7-6-9-17-8-4-3-5-10-18-16(22)26-12-24-14(2)20/h17H,3-12H2,1-2H3,(H,18,22). The van der Waals surface area contributed by atoms with E-state index < -0.39 is 24.0 Å². The van der Waals surface area contributed by atoms with E-state index in [9.17, 15) is 19.2 Å². The van der Waals surface area contributed by atoms with Gasteiger partial charge in [-0.05, 0) is 32.4 Å². The van der Waals surface area contributed by atoms with Crippen molar-refractivity contribution in [3.05, 3.63) is 0 Å². The number of alkyl carbamates (subject to hydrolysis) is 1. The Hall–Kier alpha value is -2.36. The Bertz CT molecular complexity index is 402. The molecule has 0 saturated heterocycles. The lowest BCUT2D eigenvalue weighted by molar-refractivity contribution is -0.165. The van der Waals surface area contributed by atoms with E-state index in [4.69, 9.17) is 4.74 Å². The summed E-state index contributed by atoms with van der Waals surface area (Å²) in [6, 6.07) is 0. The molecule has 2 N–H and O–H groups in total. The highest BCUT2D eigenvalue weighted by Crippen LogP contribution is 1.95. The number of ether oxygens (including phenoxy) is 4. The Labute approximate surface area is 152 Å².